The first-order chi connectivity index (χ1) is 22.7. The number of aromatic nitrogens is 2. The average molecular weight is 671 g/mol. The van der Waals surface area contributed by atoms with E-state index in [1.54, 1.807) is 20.8 Å². The molecule has 48 heavy (non-hydrogen) atoms. The highest BCUT2D eigenvalue weighted by Gasteiger charge is 2.44. The molecule has 262 valence electrons. The van der Waals surface area contributed by atoms with E-state index in [-0.39, 0.29) is 30.7 Å². The van der Waals surface area contributed by atoms with Crippen molar-refractivity contribution in [3.63, 3.8) is 0 Å². The normalized spacial score (nSPS) is 20.2. The van der Waals surface area contributed by atoms with Gasteiger partial charge in [0.05, 0.1) is 31.2 Å². The van der Waals surface area contributed by atoms with E-state index >= 15 is 0 Å². The Balaban J connectivity index is 1.41. The Morgan fingerprint density at radius 2 is 1.67 bits per heavy atom. The van der Waals surface area contributed by atoms with Crippen LogP contribution in [0.5, 0.6) is 0 Å². The molecule has 0 bridgehead atoms. The number of likely N-dealkylation sites (N-methyl/N-ethyl adjacent to an activating group) is 1. The molecule has 1 unspecified atom stereocenters. The molecule has 4 N–H and O–H groups in total. The molecule has 2 saturated carbocycles. The second kappa shape index (κ2) is 16.0. The maximum Gasteiger partial charge on any atom is 0.410 e. The molecule has 3 atom stereocenters. The number of ether oxygens (including phenoxy) is 1. The van der Waals surface area contributed by atoms with Crippen molar-refractivity contribution in [3.05, 3.63) is 24.3 Å². The Bertz CT molecular complexity index is 1370. The second-order valence-electron chi connectivity index (χ2n) is 13.6. The summed E-state index contributed by atoms with van der Waals surface area (Å²) >= 11 is 0. The van der Waals surface area contributed by atoms with Crippen LogP contribution in [0.15, 0.2) is 18.6 Å². The number of likely N-dealkylation sites (tertiary alicyclic amines) is 1. The zero-order valence-corrected chi connectivity index (χ0v) is 28.0. The summed E-state index contributed by atoms with van der Waals surface area (Å²) in [6.45, 7) is 4.00. The number of hydrogen-bond acceptors (Lipinski definition) is 10. The minimum Gasteiger partial charge on any atom is -0.444 e. The van der Waals surface area contributed by atoms with Gasteiger partial charge in [-0.25, -0.2) is 9.78 Å². The van der Waals surface area contributed by atoms with Crippen molar-refractivity contribution < 1.29 is 38.3 Å². The maximum absolute atomic E-state index is 13.4. The summed E-state index contributed by atoms with van der Waals surface area (Å²) in [5.74, 6) is -4.92. The molecule has 2 heterocycles. The summed E-state index contributed by atoms with van der Waals surface area (Å²) in [5, 5.41) is 10.5. The first-order valence-electron chi connectivity index (χ1n) is 16.4. The number of rotatable bonds is 12. The minimum atomic E-state index is -0.956. The average Bonchev–Trinajstić information content (AvgIpc) is 3.76. The van der Waals surface area contributed by atoms with E-state index in [4.69, 9.17) is 4.74 Å². The summed E-state index contributed by atoms with van der Waals surface area (Å²) in [7, 11) is 1.46. The number of carbonyl (C=O) groups excluding carboxylic acids is 7. The molecule has 1 aromatic heterocycles. The molecule has 0 aromatic carbocycles. The van der Waals surface area contributed by atoms with Crippen molar-refractivity contribution in [2.24, 2.45) is 11.8 Å². The maximum atomic E-state index is 13.4. The third-order valence-electron chi connectivity index (χ3n) is 8.66. The summed E-state index contributed by atoms with van der Waals surface area (Å²) in [6.07, 6.45) is 9.36. The Morgan fingerprint density at radius 3 is 2.29 bits per heavy atom. The van der Waals surface area contributed by atoms with Gasteiger partial charge in [-0.2, -0.15) is 0 Å². The van der Waals surface area contributed by atoms with E-state index in [2.05, 4.69) is 31.2 Å². The summed E-state index contributed by atoms with van der Waals surface area (Å²) in [4.78, 5) is 101. The van der Waals surface area contributed by atoms with Gasteiger partial charge in [-0.1, -0.05) is 19.3 Å². The topological polar surface area (TPSA) is 209 Å². The molecule has 1 saturated heterocycles. The number of Topliss-reactive ketones (excluding diaryl/α,β-unsaturated/α-hetero) is 1. The molecule has 2 aliphatic carbocycles. The fourth-order valence-electron chi connectivity index (χ4n) is 5.86. The Kier molecular flexibility index (Phi) is 12.1. The van der Waals surface area contributed by atoms with Crippen LogP contribution >= 0.6 is 0 Å². The Labute approximate surface area is 279 Å². The number of hydrogen-bond donors (Lipinski definition) is 4. The van der Waals surface area contributed by atoms with E-state index < -0.39 is 78.1 Å². The summed E-state index contributed by atoms with van der Waals surface area (Å²) < 4.78 is 5.48. The lowest BCUT2D eigenvalue weighted by molar-refractivity contribution is -0.139. The largest absolute Gasteiger partial charge is 0.444 e. The van der Waals surface area contributed by atoms with E-state index in [0.29, 0.717) is 0 Å². The van der Waals surface area contributed by atoms with Gasteiger partial charge < -0.3 is 35.8 Å². The van der Waals surface area contributed by atoms with Crippen LogP contribution < -0.4 is 21.3 Å². The van der Waals surface area contributed by atoms with E-state index in [0.717, 1.165) is 44.9 Å². The van der Waals surface area contributed by atoms with Crippen LogP contribution in [-0.2, 0) is 28.7 Å². The molecule has 16 heteroatoms. The van der Waals surface area contributed by atoms with Gasteiger partial charge in [-0.15, -0.1) is 0 Å². The van der Waals surface area contributed by atoms with Gasteiger partial charge in [0.25, 0.3) is 11.8 Å². The zero-order valence-electron chi connectivity index (χ0n) is 28.0. The highest BCUT2D eigenvalue weighted by Crippen LogP contribution is 2.27. The first-order valence-corrected chi connectivity index (χ1v) is 16.4. The van der Waals surface area contributed by atoms with Gasteiger partial charge in [0.15, 0.2) is 0 Å². The fourth-order valence-corrected chi connectivity index (χ4v) is 5.86. The summed E-state index contributed by atoms with van der Waals surface area (Å²) in [6, 6.07) is -1.76. The van der Waals surface area contributed by atoms with Crippen LogP contribution in [0.4, 0.5) is 4.79 Å². The fraction of sp³-hybridized carbons (Fsp3) is 0.656. The highest BCUT2D eigenvalue weighted by molar-refractivity contribution is 6.37. The van der Waals surface area contributed by atoms with Gasteiger partial charge in [-0.3, -0.25) is 33.8 Å². The van der Waals surface area contributed by atoms with Gasteiger partial charge in [0, 0.05) is 38.6 Å². The Hall–Kier alpha value is -4.63. The lowest BCUT2D eigenvalue weighted by Gasteiger charge is -2.31. The van der Waals surface area contributed by atoms with Crippen LogP contribution in [0.2, 0.25) is 0 Å². The molecule has 1 aromatic rings. The second-order valence-corrected chi connectivity index (χ2v) is 13.6. The quantitative estimate of drug-likeness (QED) is 0.218. The van der Waals surface area contributed by atoms with E-state index in [1.807, 2.05) is 0 Å². The van der Waals surface area contributed by atoms with Crippen LogP contribution in [0.3, 0.4) is 0 Å². The number of amides is 6. The van der Waals surface area contributed by atoms with Crippen LogP contribution in [0.1, 0.15) is 76.2 Å². The molecule has 3 fully saturated rings. The van der Waals surface area contributed by atoms with Gasteiger partial charge in [0.2, 0.25) is 23.5 Å². The zero-order chi connectivity index (χ0) is 35.0. The highest BCUT2D eigenvalue weighted by atomic mass is 16.6. The third-order valence-corrected chi connectivity index (χ3v) is 8.66. The number of nitrogens with zero attached hydrogens (tertiary/aromatic N) is 4. The minimum absolute atomic E-state index is 0.0220. The first kappa shape index (κ1) is 36.2. The van der Waals surface area contributed by atoms with Crippen LogP contribution in [-0.4, -0.2) is 118 Å². The predicted molar refractivity (Wildman–Crippen MR) is 170 cm³/mol. The number of nitrogens with one attached hydrogen (secondary N) is 4. The number of carbonyl (C=O) groups is 7. The van der Waals surface area contributed by atoms with Crippen LogP contribution in [0.25, 0.3) is 0 Å². The van der Waals surface area contributed by atoms with Crippen molar-refractivity contribution in [1.82, 2.24) is 41.0 Å². The third kappa shape index (κ3) is 10.2. The SMILES string of the molecule is CN(C(=O)CNC(=O)C(NC(=O)c1cnccn1)C1CCCCC1)[C@H]1CN(C(=O)OC(C)(C)C)C[C@H]1C(=O)NCC(=O)C(=O)NC1CC1. The predicted octanol–water partition coefficient (Wildman–Crippen LogP) is -0.0707. The van der Waals surface area contributed by atoms with Crippen molar-refractivity contribution in [1.29, 1.82) is 0 Å². The molecule has 3 aliphatic rings. The van der Waals surface area contributed by atoms with Gasteiger partial charge in [-0.05, 0) is 52.4 Å². The molecule has 4 rings (SSSR count). The van der Waals surface area contributed by atoms with Crippen molar-refractivity contribution in [2.45, 2.75) is 89.4 Å². The molecule has 0 spiro atoms. The van der Waals surface area contributed by atoms with Gasteiger partial charge >= 0.3 is 6.09 Å². The van der Waals surface area contributed by atoms with Crippen molar-refractivity contribution in [2.75, 3.05) is 33.2 Å². The van der Waals surface area contributed by atoms with E-state index in [1.165, 1.54) is 35.4 Å². The van der Waals surface area contributed by atoms with E-state index in [9.17, 15) is 33.6 Å². The molecular formula is C32H46N8O8. The summed E-state index contributed by atoms with van der Waals surface area (Å²) in [5.41, 5.74) is -0.746. The molecule has 0 radical (unpaired) electrons. The molecule has 1 aliphatic heterocycles. The smallest absolute Gasteiger partial charge is 0.410 e. The van der Waals surface area contributed by atoms with Crippen LogP contribution in [0, 0.1) is 11.8 Å². The lowest BCUT2D eigenvalue weighted by atomic mass is 9.83. The van der Waals surface area contributed by atoms with Crippen molar-refractivity contribution >= 4 is 41.4 Å². The standard InChI is InChI=1S/C32H46N8O8/c1-32(2,3)48-31(47)40-17-21(27(43)35-15-24(41)29(45)37-20-10-11-20)23(18-40)39(4)25(42)16-36-30(46)26(19-8-6-5-7-9-19)38-28(44)22-14-33-12-13-34-22/h12-14,19-21,23,26H,5-11,15-18H2,1-4H3,(H,35,43)(H,36,46)(H,37,45)(H,38,44)/t21-,23+,26?/m1/s1. The molecule has 6 amide bonds. The monoisotopic (exact) mass is 670 g/mol. The molecular weight excluding hydrogens is 624 g/mol. The Morgan fingerprint density at radius 1 is 0.958 bits per heavy atom. The number of ketones is 1. The van der Waals surface area contributed by atoms with Crippen molar-refractivity contribution in [3.8, 4) is 0 Å². The van der Waals surface area contributed by atoms with Gasteiger partial charge in [0.1, 0.15) is 17.3 Å². The lowest BCUT2D eigenvalue weighted by Crippen LogP contribution is -2.54. The molecule has 16 nitrogen and oxygen atoms in total.